The molecule has 0 heterocycles. The number of ether oxygens (including phenoxy) is 1. The van der Waals surface area contributed by atoms with Gasteiger partial charge in [0.25, 0.3) is 11.8 Å². The first kappa shape index (κ1) is 18.4. The molecule has 0 aliphatic carbocycles. The molecule has 2 amide bonds. The van der Waals surface area contributed by atoms with E-state index >= 15 is 0 Å². The molecule has 0 aliphatic heterocycles. The highest BCUT2D eigenvalue weighted by Gasteiger charge is 2.18. The van der Waals surface area contributed by atoms with Crippen molar-refractivity contribution in [3.63, 3.8) is 0 Å². The second-order valence-electron chi connectivity index (χ2n) is 4.82. The van der Waals surface area contributed by atoms with Crippen LogP contribution in [0.25, 0.3) is 0 Å². The monoisotopic (exact) mass is 367 g/mol. The lowest BCUT2D eigenvalue weighted by Crippen LogP contribution is -2.41. The summed E-state index contributed by atoms with van der Waals surface area (Å²) in [4.78, 5) is 23.8. The Hall–Kier alpha value is -2.98. The molecule has 0 fully saturated rings. The number of hydrogen-bond acceptors (Lipinski definition) is 5. The van der Waals surface area contributed by atoms with E-state index in [-0.39, 0.29) is 21.8 Å². The molecule has 2 aromatic rings. The largest absolute Gasteiger partial charge is 0.496 e. The molecule has 10 heteroatoms. The Bertz CT molecular complexity index is 913. The molecule has 0 spiro atoms. The van der Waals surface area contributed by atoms with Gasteiger partial charge >= 0.3 is 0 Å². The first-order chi connectivity index (χ1) is 11.7. The van der Waals surface area contributed by atoms with E-state index in [1.165, 1.54) is 31.4 Å². The molecule has 8 nitrogen and oxygen atoms in total. The van der Waals surface area contributed by atoms with Gasteiger partial charge in [-0.1, -0.05) is 0 Å². The Morgan fingerprint density at radius 1 is 1.04 bits per heavy atom. The van der Waals surface area contributed by atoms with Crippen molar-refractivity contribution in [1.82, 2.24) is 10.9 Å². The predicted octanol–water partition coefficient (Wildman–Crippen LogP) is 0.557. The fraction of sp³-hybridized carbons (Fsp3) is 0.0667. The minimum atomic E-state index is -4.02. The van der Waals surface area contributed by atoms with E-state index in [1.807, 2.05) is 0 Å². The van der Waals surface area contributed by atoms with Gasteiger partial charge in [0.15, 0.2) is 0 Å². The Labute approximate surface area is 142 Å². The maximum atomic E-state index is 12.8. The normalized spacial score (nSPS) is 10.8. The van der Waals surface area contributed by atoms with E-state index in [1.54, 1.807) is 0 Å². The van der Waals surface area contributed by atoms with Gasteiger partial charge in [0, 0.05) is 5.56 Å². The number of nitrogens with one attached hydrogen (secondary N) is 2. The van der Waals surface area contributed by atoms with E-state index in [4.69, 9.17) is 9.88 Å². The molecule has 4 N–H and O–H groups in total. The smallest absolute Gasteiger partial charge is 0.273 e. The quantitative estimate of drug-likeness (QED) is 0.680. The number of primary sulfonamides is 1. The van der Waals surface area contributed by atoms with Crippen LogP contribution in [-0.2, 0) is 10.0 Å². The number of halogens is 1. The number of methoxy groups -OCH3 is 1. The van der Waals surface area contributed by atoms with Crippen molar-refractivity contribution in [2.45, 2.75) is 4.90 Å². The van der Waals surface area contributed by atoms with Crippen LogP contribution < -0.4 is 20.7 Å². The number of benzene rings is 2. The van der Waals surface area contributed by atoms with Gasteiger partial charge in [-0.05, 0) is 42.5 Å². The third-order valence-electron chi connectivity index (χ3n) is 3.14. The molecule has 0 saturated heterocycles. The van der Waals surface area contributed by atoms with Crippen LogP contribution in [0.15, 0.2) is 47.4 Å². The highest BCUT2D eigenvalue weighted by molar-refractivity contribution is 7.89. The van der Waals surface area contributed by atoms with Crippen molar-refractivity contribution in [3.05, 3.63) is 59.4 Å². The topological polar surface area (TPSA) is 128 Å². The molecule has 132 valence electrons. The Balaban J connectivity index is 2.17. The highest BCUT2D eigenvalue weighted by atomic mass is 32.2. The van der Waals surface area contributed by atoms with E-state index in [9.17, 15) is 22.4 Å². The molecule has 0 atom stereocenters. The summed E-state index contributed by atoms with van der Waals surface area (Å²) in [6.45, 7) is 0. The van der Waals surface area contributed by atoms with Gasteiger partial charge in [-0.3, -0.25) is 20.4 Å². The van der Waals surface area contributed by atoms with Crippen LogP contribution in [0.4, 0.5) is 4.39 Å². The van der Waals surface area contributed by atoms with Gasteiger partial charge in [-0.2, -0.15) is 0 Å². The van der Waals surface area contributed by atoms with Gasteiger partial charge in [-0.25, -0.2) is 17.9 Å². The van der Waals surface area contributed by atoms with E-state index in [2.05, 4.69) is 10.9 Å². The van der Waals surface area contributed by atoms with Gasteiger partial charge in [-0.15, -0.1) is 0 Å². The molecular weight excluding hydrogens is 353 g/mol. The average molecular weight is 367 g/mol. The van der Waals surface area contributed by atoms with Gasteiger partial charge in [0.2, 0.25) is 10.0 Å². The summed E-state index contributed by atoms with van der Waals surface area (Å²) in [5.74, 6) is -1.93. The molecule has 25 heavy (non-hydrogen) atoms. The summed E-state index contributed by atoms with van der Waals surface area (Å²) in [6, 6.07) is 8.12. The number of rotatable bonds is 4. The second-order valence-corrected chi connectivity index (χ2v) is 6.38. The number of hydrogen-bond donors (Lipinski definition) is 3. The minimum Gasteiger partial charge on any atom is -0.496 e. The first-order valence-electron chi connectivity index (χ1n) is 6.79. The molecule has 0 unspecified atom stereocenters. The van der Waals surface area contributed by atoms with E-state index < -0.39 is 27.7 Å². The third-order valence-corrected chi connectivity index (χ3v) is 4.05. The fourth-order valence-electron chi connectivity index (χ4n) is 1.90. The van der Waals surface area contributed by atoms with E-state index in [0.717, 1.165) is 18.2 Å². The van der Waals surface area contributed by atoms with Gasteiger partial charge < -0.3 is 4.74 Å². The molecular formula is C15H14FN3O5S. The zero-order valence-electron chi connectivity index (χ0n) is 12.9. The summed E-state index contributed by atoms with van der Waals surface area (Å²) in [7, 11) is -2.73. The Morgan fingerprint density at radius 2 is 1.64 bits per heavy atom. The maximum absolute atomic E-state index is 12.8. The van der Waals surface area contributed by atoms with Crippen molar-refractivity contribution >= 4 is 21.8 Å². The number of sulfonamides is 1. The SMILES string of the molecule is COc1ccc(S(N)(=O)=O)cc1C(=O)NNC(=O)c1ccc(F)cc1. The molecule has 0 bridgehead atoms. The number of nitrogens with two attached hydrogens (primary N) is 1. The zero-order chi connectivity index (χ0) is 18.6. The molecule has 0 aliphatic rings. The van der Waals surface area contributed by atoms with Crippen LogP contribution in [0.1, 0.15) is 20.7 Å². The molecule has 0 aromatic heterocycles. The first-order valence-corrected chi connectivity index (χ1v) is 8.34. The Morgan fingerprint density at radius 3 is 2.20 bits per heavy atom. The Kier molecular flexibility index (Phi) is 5.35. The third kappa shape index (κ3) is 4.52. The van der Waals surface area contributed by atoms with Crippen molar-refractivity contribution < 1.29 is 27.1 Å². The lowest BCUT2D eigenvalue weighted by Gasteiger charge is -2.11. The number of hydrazine groups is 1. The molecule has 0 radical (unpaired) electrons. The van der Waals surface area contributed by atoms with Crippen LogP contribution >= 0.6 is 0 Å². The maximum Gasteiger partial charge on any atom is 0.273 e. The van der Waals surface area contributed by atoms with Crippen LogP contribution in [0, 0.1) is 5.82 Å². The summed E-state index contributed by atoms with van der Waals surface area (Å²) in [6.07, 6.45) is 0. The lowest BCUT2D eigenvalue weighted by molar-refractivity contribution is 0.0844. The van der Waals surface area contributed by atoms with Crippen LogP contribution in [0.2, 0.25) is 0 Å². The summed E-state index contributed by atoms with van der Waals surface area (Å²) >= 11 is 0. The molecule has 2 rings (SSSR count). The summed E-state index contributed by atoms with van der Waals surface area (Å²) < 4.78 is 40.6. The summed E-state index contributed by atoms with van der Waals surface area (Å²) in [5.41, 5.74) is 4.22. The van der Waals surface area contributed by atoms with Crippen molar-refractivity contribution in [1.29, 1.82) is 0 Å². The average Bonchev–Trinajstić information content (AvgIpc) is 2.58. The number of amides is 2. The highest BCUT2D eigenvalue weighted by Crippen LogP contribution is 2.21. The van der Waals surface area contributed by atoms with Crippen LogP contribution in [0.5, 0.6) is 5.75 Å². The van der Waals surface area contributed by atoms with Crippen molar-refractivity contribution in [2.75, 3.05) is 7.11 Å². The zero-order valence-corrected chi connectivity index (χ0v) is 13.8. The number of carbonyl (C=O) groups is 2. The predicted molar refractivity (Wildman–Crippen MR) is 85.7 cm³/mol. The van der Waals surface area contributed by atoms with Gasteiger partial charge in [0.05, 0.1) is 17.6 Å². The van der Waals surface area contributed by atoms with Crippen molar-refractivity contribution in [2.24, 2.45) is 5.14 Å². The summed E-state index contributed by atoms with van der Waals surface area (Å²) in [5, 5.41) is 5.03. The van der Waals surface area contributed by atoms with Crippen molar-refractivity contribution in [3.8, 4) is 5.75 Å². The van der Waals surface area contributed by atoms with Crippen LogP contribution in [-0.4, -0.2) is 27.3 Å². The van der Waals surface area contributed by atoms with Crippen LogP contribution in [0.3, 0.4) is 0 Å². The second kappa shape index (κ2) is 7.28. The lowest BCUT2D eigenvalue weighted by atomic mass is 10.2. The van der Waals surface area contributed by atoms with E-state index in [0.29, 0.717) is 0 Å². The standard InChI is InChI=1S/C15H14FN3O5S/c1-24-13-7-6-11(25(17,22)23)8-12(13)15(21)19-18-14(20)9-2-4-10(16)5-3-9/h2-8H,1H3,(H,18,20)(H,19,21)(H2,17,22,23). The fourth-order valence-corrected chi connectivity index (χ4v) is 2.44. The van der Waals surface area contributed by atoms with Gasteiger partial charge in [0.1, 0.15) is 11.6 Å². The molecule has 2 aromatic carbocycles. The minimum absolute atomic E-state index is 0.0842. The molecule has 0 saturated carbocycles. The number of carbonyl (C=O) groups excluding carboxylic acids is 2.